The first-order valence-electron chi connectivity index (χ1n) is 32.1. The summed E-state index contributed by atoms with van der Waals surface area (Å²) in [5.74, 6) is -2.88. The van der Waals surface area contributed by atoms with Crippen LogP contribution in [-0.2, 0) is 68.6 Å². The first-order chi connectivity index (χ1) is 43.8. The maximum Gasteiger partial charge on any atom is 0.407 e. The Morgan fingerprint density at radius 1 is 0.804 bits per heavy atom. The van der Waals surface area contributed by atoms with Crippen LogP contribution in [0.15, 0.2) is 35.9 Å². The van der Waals surface area contributed by atoms with Gasteiger partial charge in [0, 0.05) is 66.4 Å². The number of hydrogen-bond acceptors (Lipinski definition) is 17. The molecule has 27 heteroatoms. The number of halogens is 1. The van der Waals surface area contributed by atoms with E-state index in [9.17, 15) is 52.7 Å². The number of anilines is 1. The highest BCUT2D eigenvalue weighted by molar-refractivity contribution is 8.00. The minimum absolute atomic E-state index is 0.0637. The molecular formula is C65H100ClN9O15S2. The van der Waals surface area contributed by atoms with Crippen LogP contribution in [0.5, 0.6) is 5.75 Å². The number of rotatable bonds is 34. The number of hydrogen-bond donors (Lipinski definition) is 6. The van der Waals surface area contributed by atoms with Crippen molar-refractivity contribution in [2.24, 2.45) is 17.3 Å². The Labute approximate surface area is 556 Å². The summed E-state index contributed by atoms with van der Waals surface area (Å²) in [5, 5.41) is 15.6. The Morgan fingerprint density at radius 2 is 1.48 bits per heavy atom. The lowest BCUT2D eigenvalue weighted by molar-refractivity contribution is -0.157. The summed E-state index contributed by atoms with van der Waals surface area (Å²) < 4.78 is 23.2. The van der Waals surface area contributed by atoms with Gasteiger partial charge in [-0.05, 0) is 105 Å². The van der Waals surface area contributed by atoms with E-state index in [2.05, 4.69) is 52.7 Å². The number of amides is 10. The molecule has 8 atom stereocenters. The Balaban J connectivity index is 1.09. The standard InChI is InChI=1S/C65H100ClN9O15S2/c1-11-24-65(6,12-2)25-26-67-53(76)21-17-27-75-60(83)36-52(63(75)85)92-29-18-22-54(77)68-37-55(78)69-38-56(79)70-39-57(80)71-41-91-28-15-13-14-23-58(81)73(7)40-61(84)89-50-35-59(82)74(8)47-32-45(33-51(88-10)62(47)66)30-42(3)19-16-20-48(87-9)46-34-49(90-64(86)72-46)43(4)31-44(50)5/h16,19-20,32-33,43-44,46,48-50,52H,11-15,17-18,21-31,34-41H2,1-10H3,(H,67,76)(H,68,77)(H,69,78)(H,70,79)(H,71,80)(H,72,86)/b20-16+,42-19+/t43-,44-,46?,48+,49-,50-,52?,65?/m0/s1. The second-order valence-corrected chi connectivity index (χ2v) is 27.2. The summed E-state index contributed by atoms with van der Waals surface area (Å²) in [5.41, 5.74) is 2.44. The molecule has 3 aliphatic rings. The molecule has 0 saturated carbocycles. The minimum Gasteiger partial charge on any atom is -0.495 e. The van der Waals surface area contributed by atoms with E-state index in [-0.39, 0.29) is 116 Å². The number of allylic oxidation sites excluding steroid dienone is 3. The van der Waals surface area contributed by atoms with Crippen LogP contribution in [0.2, 0.25) is 5.02 Å². The third-order valence-electron chi connectivity index (χ3n) is 16.9. The van der Waals surface area contributed by atoms with Crippen molar-refractivity contribution in [3.05, 3.63) is 46.5 Å². The number of nitrogens with zero attached hydrogens (tertiary/aromatic N) is 3. The van der Waals surface area contributed by atoms with Gasteiger partial charge in [-0.25, -0.2) is 4.79 Å². The van der Waals surface area contributed by atoms with E-state index in [0.717, 1.165) is 43.2 Å². The lowest BCUT2D eigenvalue weighted by atomic mass is 9.80. The van der Waals surface area contributed by atoms with Crippen molar-refractivity contribution in [1.29, 1.82) is 0 Å². The number of carbonyl (C=O) groups excluding carboxylic acids is 11. The van der Waals surface area contributed by atoms with Crippen molar-refractivity contribution >= 4 is 106 Å². The molecule has 4 rings (SSSR count). The highest BCUT2D eigenvalue weighted by Gasteiger charge is 2.40. The fourth-order valence-corrected chi connectivity index (χ4v) is 13.3. The molecule has 3 aliphatic heterocycles. The quantitative estimate of drug-likeness (QED) is 0.0185. The van der Waals surface area contributed by atoms with Gasteiger partial charge >= 0.3 is 12.1 Å². The Kier molecular flexibility index (Phi) is 34.5. The largest absolute Gasteiger partial charge is 0.495 e. The van der Waals surface area contributed by atoms with E-state index >= 15 is 0 Å². The van der Waals surface area contributed by atoms with Crippen LogP contribution in [0, 0.1) is 17.3 Å². The van der Waals surface area contributed by atoms with E-state index < -0.39 is 71.7 Å². The number of likely N-dealkylation sites (N-methyl/N-ethyl adjacent to an activating group) is 1. The van der Waals surface area contributed by atoms with Crippen molar-refractivity contribution < 1.29 is 71.7 Å². The number of benzene rings is 1. The molecule has 10 amide bonds. The van der Waals surface area contributed by atoms with Crippen molar-refractivity contribution in [3.63, 3.8) is 0 Å². The van der Waals surface area contributed by atoms with Gasteiger partial charge in [-0.2, -0.15) is 0 Å². The molecule has 2 saturated heterocycles. The molecular weight excluding hydrogens is 1250 g/mol. The van der Waals surface area contributed by atoms with E-state index in [4.69, 9.17) is 30.5 Å². The van der Waals surface area contributed by atoms with Crippen molar-refractivity contribution in [3.8, 4) is 5.75 Å². The van der Waals surface area contributed by atoms with Crippen LogP contribution in [0.1, 0.15) is 150 Å². The van der Waals surface area contributed by atoms with Crippen LogP contribution in [0.3, 0.4) is 0 Å². The van der Waals surface area contributed by atoms with Gasteiger partial charge in [-0.15, -0.1) is 23.5 Å². The molecule has 1 aromatic carbocycles. The normalized spacial score (nSPS) is 21.9. The molecule has 0 radical (unpaired) electrons. The lowest BCUT2D eigenvalue weighted by Gasteiger charge is -2.37. The summed E-state index contributed by atoms with van der Waals surface area (Å²) in [6.45, 7) is 11.7. The van der Waals surface area contributed by atoms with Gasteiger partial charge in [0.2, 0.25) is 53.2 Å². The number of methoxy groups -OCH3 is 2. The molecule has 0 spiro atoms. The summed E-state index contributed by atoms with van der Waals surface area (Å²) in [4.78, 5) is 145. The SMILES string of the molecule is CCCC(C)(CC)CCNC(=O)CCCN1C(=O)CC(SCCCC(=O)NCC(=O)NCC(=O)NCC(=O)NCSCCCCCC(=O)N(C)CC(=O)O[C@H]2CC(=O)N(C)c3cc(cc(OC)c3Cl)C/C(C)=C/C=C/[C@@H](OC)C3C[C@H](OC(=O)N3)[C@@H](C)C[C@@H]2C)C1=O. The zero-order chi connectivity index (χ0) is 67.9. The van der Waals surface area contributed by atoms with E-state index in [1.807, 2.05) is 51.1 Å². The number of nitrogens with one attached hydrogen (secondary N) is 6. The molecule has 0 aromatic heterocycles. The maximum atomic E-state index is 14.2. The van der Waals surface area contributed by atoms with Crippen LogP contribution >= 0.6 is 35.1 Å². The van der Waals surface area contributed by atoms with E-state index in [0.29, 0.717) is 74.4 Å². The predicted octanol–water partition coefficient (Wildman–Crippen LogP) is 6.53. The smallest absolute Gasteiger partial charge is 0.407 e. The molecule has 92 heavy (non-hydrogen) atoms. The fraction of sp³-hybridized carbons (Fsp3) is 0.677. The first-order valence-corrected chi connectivity index (χ1v) is 34.7. The van der Waals surface area contributed by atoms with E-state index in [1.54, 1.807) is 14.2 Å². The summed E-state index contributed by atoms with van der Waals surface area (Å²) in [7, 11) is 6.19. The van der Waals surface area contributed by atoms with Gasteiger partial charge in [0.15, 0.2) is 0 Å². The molecule has 0 aliphatic carbocycles. The third-order valence-corrected chi connectivity index (χ3v) is 19.5. The van der Waals surface area contributed by atoms with Gasteiger partial charge in [0.25, 0.3) is 0 Å². The van der Waals surface area contributed by atoms with Gasteiger partial charge in [-0.3, -0.25) is 52.8 Å². The summed E-state index contributed by atoms with van der Waals surface area (Å²) >= 11 is 9.56. The second kappa shape index (κ2) is 40.7. The van der Waals surface area contributed by atoms with Gasteiger partial charge < -0.3 is 60.6 Å². The van der Waals surface area contributed by atoms with Crippen molar-refractivity contribution in [1.82, 2.24) is 41.7 Å². The molecule has 2 fully saturated rings. The summed E-state index contributed by atoms with van der Waals surface area (Å²) in [6.07, 6.45) is 11.9. The molecule has 514 valence electrons. The average Bonchev–Trinajstić information content (AvgIpc) is 2.33. The highest BCUT2D eigenvalue weighted by Crippen LogP contribution is 2.38. The van der Waals surface area contributed by atoms with Crippen LogP contribution < -0.4 is 41.5 Å². The van der Waals surface area contributed by atoms with Crippen molar-refractivity contribution in [2.45, 2.75) is 180 Å². The van der Waals surface area contributed by atoms with E-state index in [1.165, 1.54) is 52.4 Å². The Hall–Kier alpha value is -6.38. The fourth-order valence-electron chi connectivity index (χ4n) is 11.1. The zero-order valence-electron chi connectivity index (χ0n) is 55.5. The number of imide groups is 1. The average molecular weight is 1350 g/mol. The highest BCUT2D eigenvalue weighted by atomic mass is 35.5. The number of likely N-dealkylation sites (tertiary alicyclic amines) is 1. The predicted molar refractivity (Wildman–Crippen MR) is 356 cm³/mol. The minimum atomic E-state index is -0.928. The zero-order valence-corrected chi connectivity index (χ0v) is 57.9. The van der Waals surface area contributed by atoms with Crippen LogP contribution in [-0.4, -0.2) is 190 Å². The van der Waals surface area contributed by atoms with Gasteiger partial charge in [-0.1, -0.05) is 89.3 Å². The maximum absolute atomic E-state index is 14.2. The molecule has 6 N–H and O–H groups in total. The monoisotopic (exact) mass is 1350 g/mol. The number of carbonyl (C=O) groups is 11. The van der Waals surface area contributed by atoms with Crippen molar-refractivity contribution in [2.75, 3.05) is 89.9 Å². The second-order valence-electron chi connectivity index (χ2n) is 24.4. The third kappa shape index (κ3) is 27.3. The number of unbranched alkanes of at least 4 members (excludes halogenated alkanes) is 2. The number of thioether (sulfide) groups is 2. The summed E-state index contributed by atoms with van der Waals surface area (Å²) in [6, 6.07) is 3.26. The van der Waals surface area contributed by atoms with Crippen LogP contribution in [0.25, 0.3) is 0 Å². The van der Waals surface area contributed by atoms with Crippen LogP contribution in [0.4, 0.5) is 10.5 Å². The topological polar surface area (TPSA) is 307 Å². The molecule has 1 aromatic rings. The van der Waals surface area contributed by atoms with Gasteiger partial charge in [0.05, 0.1) is 62.1 Å². The number of esters is 1. The number of alkyl carbamates (subject to hydrolysis) is 1. The first kappa shape index (κ1) is 78.1. The number of ether oxygens (including phenoxy) is 4. The number of fused-ring (bicyclic) bond motifs is 4. The molecule has 3 unspecified atom stereocenters. The molecule has 3 heterocycles. The Bertz CT molecular complexity index is 2760. The Morgan fingerprint density at radius 3 is 2.15 bits per heavy atom. The molecule has 24 nitrogen and oxygen atoms in total. The van der Waals surface area contributed by atoms with Gasteiger partial charge in [0.1, 0.15) is 29.5 Å². The molecule has 4 bridgehead atoms. The lowest BCUT2D eigenvalue weighted by Crippen LogP contribution is -2.52.